The number of piperidine rings is 1. The maximum absolute atomic E-state index is 14.0. The van der Waals surface area contributed by atoms with E-state index < -0.39 is 17.7 Å². The molecule has 4 atom stereocenters. The number of aliphatic hydroxyl groups excluding tert-OH is 1. The number of aromatic hydroxyl groups is 1. The number of carbonyl (C=O) groups is 3. The number of aromatic nitrogens is 1. The number of carbonyl (C=O) groups excluding carboxylic acids is 3. The van der Waals surface area contributed by atoms with Crippen molar-refractivity contribution in [3.05, 3.63) is 177 Å². The molecule has 3 aliphatic heterocycles. The number of hydrogen-bond acceptors (Lipinski definition) is 11. The number of phenolic OH excluding ortho intramolecular Hbond substituents is 1. The first kappa shape index (κ1) is 46.3. The number of nitrogens with one attached hydrogen (secondary N) is 2. The van der Waals surface area contributed by atoms with E-state index in [0.717, 1.165) is 44.5 Å². The smallest absolute Gasteiger partial charge is 0.347 e. The van der Waals surface area contributed by atoms with Crippen molar-refractivity contribution >= 4 is 28.7 Å². The lowest BCUT2D eigenvalue weighted by atomic mass is 9.86. The van der Waals surface area contributed by atoms with Crippen molar-refractivity contribution in [2.75, 3.05) is 52.5 Å². The molecular weight excluding hydrogens is 863 g/mol. The van der Waals surface area contributed by atoms with Gasteiger partial charge in [0.1, 0.15) is 11.5 Å². The predicted octanol–water partition coefficient (Wildman–Crippen LogP) is 5.50. The SMILES string of the molecule is O=C(c1ccc(CNC[C@H](O)c2ccc(O)c3[nH]c(=O)ccc23)cc1)N1C[C@@H]2CCN(C(=O)COc3cccc([C@](O)(C(=O)OCC4CCN(Cc5ccccc5)CC4)c4ccccc4)c3)[C@@H]2C1. The molecule has 4 heterocycles. The third-order valence-electron chi connectivity index (χ3n) is 13.8. The molecule has 0 saturated carbocycles. The predicted molar refractivity (Wildman–Crippen MR) is 256 cm³/mol. The van der Waals surface area contributed by atoms with Crippen molar-refractivity contribution in [3.8, 4) is 11.5 Å². The molecule has 2 amide bonds. The summed E-state index contributed by atoms with van der Waals surface area (Å²) in [6, 6.07) is 38.9. The summed E-state index contributed by atoms with van der Waals surface area (Å²) in [4.78, 5) is 61.8. The number of pyridine rings is 1. The van der Waals surface area contributed by atoms with Gasteiger partial charge in [-0.1, -0.05) is 91.0 Å². The second-order valence-corrected chi connectivity index (χ2v) is 18.2. The van der Waals surface area contributed by atoms with Crippen LogP contribution in [-0.4, -0.2) is 111 Å². The summed E-state index contributed by atoms with van der Waals surface area (Å²) in [5.41, 5.74) is 1.74. The maximum atomic E-state index is 14.0. The Hall–Kier alpha value is -6.84. The largest absolute Gasteiger partial charge is 0.506 e. The molecule has 3 fully saturated rings. The Balaban J connectivity index is 0.763. The Labute approximate surface area is 394 Å². The number of nitrogens with zero attached hydrogens (tertiary/aromatic N) is 3. The van der Waals surface area contributed by atoms with Crippen LogP contribution in [0.5, 0.6) is 11.5 Å². The van der Waals surface area contributed by atoms with Crippen LogP contribution >= 0.6 is 0 Å². The first-order chi connectivity index (χ1) is 33.0. The van der Waals surface area contributed by atoms with Gasteiger partial charge in [0, 0.05) is 67.8 Å². The van der Waals surface area contributed by atoms with Crippen LogP contribution in [0.3, 0.4) is 0 Å². The standard InChI is InChI=1S/C54H57N5O9/c60-47-20-18-44(45-19-21-49(62)56-51(45)47)48(61)30-55-29-36-14-16-39(17-15-36)52(64)58-32-40-24-27-59(46(40)33-58)50(63)35-67-43-13-7-12-42(28-43)54(66,41-10-5-2-6-11-41)53(65)68-34-38-22-25-57(26-23-38)31-37-8-3-1-4-9-37/h1-21,28,38,40,46,48,55,60-61,66H,22-27,29-35H2,(H,56,62)/t40-,46+,48-,54-/m0/s1. The van der Waals surface area contributed by atoms with Crippen LogP contribution in [-0.2, 0) is 33.0 Å². The van der Waals surface area contributed by atoms with Crippen molar-refractivity contribution in [2.45, 2.75) is 50.1 Å². The topological polar surface area (TPSA) is 185 Å². The lowest BCUT2D eigenvalue weighted by Gasteiger charge is -2.33. The Bertz CT molecular complexity index is 2780. The fraction of sp³-hybridized carbons (Fsp3) is 0.333. The number of fused-ring (bicyclic) bond motifs is 2. The highest BCUT2D eigenvalue weighted by Crippen LogP contribution is 2.36. The molecule has 68 heavy (non-hydrogen) atoms. The Morgan fingerprint density at radius 2 is 1.53 bits per heavy atom. The third kappa shape index (κ3) is 10.2. The molecule has 3 aliphatic rings. The van der Waals surface area contributed by atoms with Crippen LogP contribution in [0.4, 0.5) is 0 Å². The van der Waals surface area contributed by atoms with Gasteiger partial charge in [0.2, 0.25) is 11.2 Å². The molecule has 9 rings (SSSR count). The van der Waals surface area contributed by atoms with E-state index in [1.807, 2.05) is 36.4 Å². The second-order valence-electron chi connectivity index (χ2n) is 18.2. The van der Waals surface area contributed by atoms with E-state index in [1.54, 1.807) is 82.6 Å². The van der Waals surface area contributed by atoms with Gasteiger partial charge in [0.15, 0.2) is 6.61 Å². The van der Waals surface area contributed by atoms with Gasteiger partial charge in [0.25, 0.3) is 11.8 Å². The monoisotopic (exact) mass is 919 g/mol. The molecule has 0 radical (unpaired) electrons. The Morgan fingerprint density at radius 3 is 2.29 bits per heavy atom. The van der Waals surface area contributed by atoms with Gasteiger partial charge >= 0.3 is 5.97 Å². The molecule has 1 aromatic heterocycles. The molecular formula is C54H57N5O9. The summed E-state index contributed by atoms with van der Waals surface area (Å²) in [5.74, 6) is -0.523. The first-order valence-corrected chi connectivity index (χ1v) is 23.4. The molecule has 0 spiro atoms. The number of rotatable bonds is 16. The zero-order valence-electron chi connectivity index (χ0n) is 37.8. The molecule has 352 valence electrons. The summed E-state index contributed by atoms with van der Waals surface area (Å²) >= 11 is 0. The normalized spacial score (nSPS) is 18.8. The molecule has 6 aromatic rings. The summed E-state index contributed by atoms with van der Waals surface area (Å²) in [6.07, 6.45) is 1.63. The number of ether oxygens (including phenoxy) is 2. The highest BCUT2D eigenvalue weighted by Gasteiger charge is 2.45. The number of aliphatic hydroxyl groups is 2. The molecule has 0 unspecified atom stereocenters. The molecule has 5 aromatic carbocycles. The summed E-state index contributed by atoms with van der Waals surface area (Å²) < 4.78 is 12.0. The van der Waals surface area contributed by atoms with Crippen LogP contribution in [0.1, 0.15) is 63.5 Å². The van der Waals surface area contributed by atoms with E-state index in [-0.39, 0.29) is 71.8 Å². The highest BCUT2D eigenvalue weighted by atomic mass is 16.6. The van der Waals surface area contributed by atoms with Crippen molar-refractivity contribution in [2.24, 2.45) is 11.8 Å². The molecule has 0 aliphatic carbocycles. The lowest BCUT2D eigenvalue weighted by Crippen LogP contribution is -2.42. The van der Waals surface area contributed by atoms with Crippen molar-refractivity contribution in [1.82, 2.24) is 25.0 Å². The first-order valence-electron chi connectivity index (χ1n) is 23.4. The minimum Gasteiger partial charge on any atom is -0.506 e. The fourth-order valence-electron chi connectivity index (χ4n) is 9.97. The minimum absolute atomic E-state index is 0.0718. The number of benzene rings is 5. The van der Waals surface area contributed by atoms with Gasteiger partial charge in [-0.25, -0.2) is 4.79 Å². The quantitative estimate of drug-likeness (QED) is 0.0773. The maximum Gasteiger partial charge on any atom is 0.347 e. The molecule has 14 heteroatoms. The van der Waals surface area contributed by atoms with E-state index >= 15 is 0 Å². The van der Waals surface area contributed by atoms with E-state index in [4.69, 9.17) is 9.47 Å². The summed E-state index contributed by atoms with van der Waals surface area (Å²) in [5, 5.41) is 37.2. The summed E-state index contributed by atoms with van der Waals surface area (Å²) in [7, 11) is 0. The number of amides is 2. The molecule has 5 N–H and O–H groups in total. The van der Waals surface area contributed by atoms with Crippen LogP contribution in [0, 0.1) is 11.8 Å². The molecule has 3 saturated heterocycles. The summed E-state index contributed by atoms with van der Waals surface area (Å²) in [6.45, 7) is 4.78. The lowest BCUT2D eigenvalue weighted by molar-refractivity contribution is -0.164. The van der Waals surface area contributed by atoms with Crippen molar-refractivity contribution in [1.29, 1.82) is 0 Å². The van der Waals surface area contributed by atoms with Gasteiger partial charge < -0.3 is 44.9 Å². The van der Waals surface area contributed by atoms with Crippen LogP contribution in [0.25, 0.3) is 10.9 Å². The Kier molecular flexibility index (Phi) is 14.0. The van der Waals surface area contributed by atoms with E-state index in [2.05, 4.69) is 27.3 Å². The van der Waals surface area contributed by atoms with Gasteiger partial charge in [-0.05, 0) is 96.9 Å². The highest BCUT2D eigenvalue weighted by molar-refractivity contribution is 5.94. The van der Waals surface area contributed by atoms with Crippen molar-refractivity contribution in [3.63, 3.8) is 0 Å². The average molecular weight is 920 g/mol. The zero-order valence-corrected chi connectivity index (χ0v) is 37.8. The molecule has 0 bridgehead atoms. The van der Waals surface area contributed by atoms with Gasteiger partial charge in [-0.2, -0.15) is 0 Å². The molecule has 14 nitrogen and oxygen atoms in total. The van der Waals surface area contributed by atoms with Crippen molar-refractivity contribution < 1.29 is 39.2 Å². The van der Waals surface area contributed by atoms with E-state index in [1.165, 1.54) is 17.7 Å². The van der Waals surface area contributed by atoms with Crippen LogP contribution < -0.4 is 15.6 Å². The number of likely N-dealkylation sites (tertiary alicyclic amines) is 3. The van der Waals surface area contributed by atoms with Gasteiger partial charge in [-0.3, -0.25) is 19.3 Å². The fourth-order valence-corrected chi connectivity index (χ4v) is 9.97. The zero-order chi connectivity index (χ0) is 47.2. The minimum atomic E-state index is -2.11. The number of aromatic amines is 1. The third-order valence-corrected chi connectivity index (χ3v) is 13.8. The number of hydrogen-bond donors (Lipinski definition) is 5. The second kappa shape index (κ2) is 20.6. The number of H-pyrrole nitrogens is 1. The van der Waals surface area contributed by atoms with Gasteiger partial charge in [-0.15, -0.1) is 0 Å². The van der Waals surface area contributed by atoms with E-state index in [0.29, 0.717) is 54.0 Å². The van der Waals surface area contributed by atoms with Gasteiger partial charge in [0.05, 0.1) is 24.3 Å². The average Bonchev–Trinajstić information content (AvgIpc) is 3.98. The van der Waals surface area contributed by atoms with E-state index in [9.17, 15) is 34.5 Å². The number of esters is 1. The Morgan fingerprint density at radius 1 is 0.794 bits per heavy atom. The van der Waals surface area contributed by atoms with Crippen LogP contribution in [0.15, 0.2) is 138 Å². The number of phenols is 1. The van der Waals surface area contributed by atoms with Crippen LogP contribution in [0.2, 0.25) is 0 Å².